The molecule has 1 aromatic heterocycles. The van der Waals surface area contributed by atoms with Crippen LogP contribution in [-0.4, -0.2) is 129 Å². The zero-order chi connectivity index (χ0) is 51.1. The van der Waals surface area contributed by atoms with Gasteiger partial charge in [-0.05, 0) is 66.4 Å². The van der Waals surface area contributed by atoms with Gasteiger partial charge in [0.1, 0.15) is 42.9 Å². The van der Waals surface area contributed by atoms with E-state index in [2.05, 4.69) is 9.72 Å². The lowest BCUT2D eigenvalue weighted by Crippen LogP contribution is -2.41. The van der Waals surface area contributed by atoms with Crippen LogP contribution in [0.4, 0.5) is 0 Å². The highest BCUT2D eigenvalue weighted by molar-refractivity contribution is 7.98. The van der Waals surface area contributed by atoms with Crippen molar-refractivity contribution >= 4 is 64.4 Å². The van der Waals surface area contributed by atoms with E-state index in [1.54, 1.807) is 11.8 Å². The topological polar surface area (TPSA) is 417 Å². The second-order valence-corrected chi connectivity index (χ2v) is 16.0. The molecule has 6 atom stereocenters. The molecule has 67 heavy (non-hydrogen) atoms. The molecule has 0 saturated carbocycles. The summed E-state index contributed by atoms with van der Waals surface area (Å²) in [6, 6.07) is 21.2. The Balaban J connectivity index is 0.000000857. The number of nitrogens with two attached hydrogens (primary N) is 7. The van der Waals surface area contributed by atoms with Crippen molar-refractivity contribution in [3.05, 3.63) is 108 Å². The van der Waals surface area contributed by atoms with E-state index in [0.29, 0.717) is 25.7 Å². The molecule has 0 unspecified atom stereocenters. The number of aromatic amines is 1. The molecule has 22 heteroatoms. The minimum atomic E-state index is -1.21. The van der Waals surface area contributed by atoms with Crippen LogP contribution in [0.3, 0.4) is 0 Å². The van der Waals surface area contributed by atoms with Crippen molar-refractivity contribution in [2.24, 2.45) is 46.1 Å². The van der Waals surface area contributed by atoms with E-state index < -0.39 is 78.0 Å². The van der Waals surface area contributed by atoms with Crippen molar-refractivity contribution in [2.45, 2.75) is 82.2 Å². The summed E-state index contributed by atoms with van der Waals surface area (Å²) in [5.41, 5.74) is 41.1. The molecule has 0 aliphatic rings. The van der Waals surface area contributed by atoms with Gasteiger partial charge in [0, 0.05) is 23.5 Å². The van der Waals surface area contributed by atoms with Gasteiger partial charge >= 0.3 is 41.8 Å². The molecule has 4 rings (SSSR count). The van der Waals surface area contributed by atoms with Crippen molar-refractivity contribution < 1.29 is 63.5 Å². The molecule has 4 aromatic rings. The number of nitrogens with one attached hydrogen (secondary N) is 1. The average Bonchev–Trinajstić information content (AvgIpc) is 3.70. The predicted octanol–water partition coefficient (Wildman–Crippen LogP) is 0.814. The normalized spacial score (nSPS) is 13.0. The number of carboxylic acid groups (broad SMARTS) is 4. The number of thioether (sulfide) groups is 1. The number of aliphatic carboxylic acids is 4. The van der Waals surface area contributed by atoms with Gasteiger partial charge in [0.2, 0.25) is 0 Å². The number of H-pyrrole nitrogens is 1. The number of carbonyl (C=O) groups excluding carboxylic acids is 3. The van der Waals surface area contributed by atoms with Crippen LogP contribution in [0.5, 0.6) is 0 Å². The lowest BCUT2D eigenvalue weighted by atomic mass is 10.0. The number of benzene rings is 3. The second kappa shape index (κ2) is 34.1. The van der Waals surface area contributed by atoms with Crippen LogP contribution in [0.15, 0.2) is 91.1 Å². The molecule has 3 aromatic carbocycles. The first-order chi connectivity index (χ1) is 31.5. The number of rotatable bonds is 20. The largest absolute Gasteiger partial charge is 0.480 e. The third-order valence-electron chi connectivity index (χ3n) is 8.74. The van der Waals surface area contributed by atoms with Crippen LogP contribution in [0.25, 0.3) is 10.9 Å². The Bertz CT molecular complexity index is 2040. The first-order valence-corrected chi connectivity index (χ1v) is 22.1. The average molecular weight is 959 g/mol. The fourth-order valence-corrected chi connectivity index (χ4v) is 5.56. The van der Waals surface area contributed by atoms with Crippen molar-refractivity contribution in [1.82, 2.24) is 4.98 Å². The number of aromatic nitrogens is 1. The zero-order valence-electron chi connectivity index (χ0n) is 37.8. The quantitative estimate of drug-likeness (QED) is 0.0431. The van der Waals surface area contributed by atoms with Crippen LogP contribution in [0.1, 0.15) is 43.4 Å². The molecule has 0 saturated heterocycles. The van der Waals surface area contributed by atoms with Gasteiger partial charge in [-0.3, -0.25) is 24.0 Å². The Hall–Kier alpha value is -6.24. The molecular weight excluding hydrogens is 893 g/mol. The molecule has 0 aliphatic heterocycles. The third kappa shape index (κ3) is 27.8. The standard InChI is InChI=1S/C17H23N3O3.2C9H11NO2.C5H10N2O4.C5H11NO2S/c1-10(2)7-13(18)16(21)23-17(22)14(19)8-11-9-20-15-6-4-3-5-12(11)15;2*10-8(9(11)12)6-7-4-2-1-3-5-7;6-1-4(8)11-2-3(7)5(9)10;1-9-3-2-4(6)5(7)8/h3-6,9-10,13-14,20H,7-8,18-19H2,1-2H3;2*1-5,8H,6,10H2,(H,11,12);3H,1-2,6-7H2,(H,9,10);4H,2-3,6H2,1H3,(H,7,8)/t13-,14-;2*8-;3-;4-/m00000/s1. The van der Waals surface area contributed by atoms with E-state index in [1.807, 2.05) is 111 Å². The van der Waals surface area contributed by atoms with Crippen molar-refractivity contribution in [1.29, 1.82) is 0 Å². The van der Waals surface area contributed by atoms with Gasteiger partial charge in [-0.1, -0.05) is 92.7 Å². The molecule has 0 aliphatic carbocycles. The highest BCUT2D eigenvalue weighted by atomic mass is 32.2. The lowest BCUT2D eigenvalue weighted by molar-refractivity contribution is -0.162. The first-order valence-electron chi connectivity index (χ1n) is 20.7. The minimum Gasteiger partial charge on any atom is -0.480 e. The molecule has 0 spiro atoms. The number of hydrogen-bond donors (Lipinski definition) is 12. The van der Waals surface area contributed by atoms with Crippen LogP contribution in [0, 0.1) is 5.92 Å². The highest BCUT2D eigenvalue weighted by Crippen LogP contribution is 2.19. The smallest absolute Gasteiger partial charge is 0.330 e. The second-order valence-electron chi connectivity index (χ2n) is 15.0. The van der Waals surface area contributed by atoms with Gasteiger partial charge in [-0.25, -0.2) is 9.59 Å². The fraction of sp³-hybridized carbons (Fsp3) is 0.400. The zero-order valence-corrected chi connectivity index (χ0v) is 38.6. The van der Waals surface area contributed by atoms with Gasteiger partial charge in [-0.2, -0.15) is 11.8 Å². The van der Waals surface area contributed by atoms with Crippen LogP contribution in [-0.2, 0) is 62.3 Å². The Morgan fingerprint density at radius 3 is 1.48 bits per heavy atom. The summed E-state index contributed by atoms with van der Waals surface area (Å²) in [5.74, 6) is -5.13. The first kappa shape index (κ1) is 60.8. The summed E-state index contributed by atoms with van der Waals surface area (Å²) in [6.45, 7) is 3.27. The summed E-state index contributed by atoms with van der Waals surface area (Å²) in [7, 11) is 0. The highest BCUT2D eigenvalue weighted by Gasteiger charge is 2.25. The molecular formula is C45H66N8O13S. The van der Waals surface area contributed by atoms with Gasteiger partial charge in [-0.15, -0.1) is 0 Å². The summed E-state index contributed by atoms with van der Waals surface area (Å²) in [4.78, 5) is 78.1. The molecule has 1 heterocycles. The monoisotopic (exact) mass is 958 g/mol. The molecule has 0 fully saturated rings. The fourth-order valence-electron chi connectivity index (χ4n) is 5.07. The molecule has 19 N–H and O–H groups in total. The Labute approximate surface area is 393 Å². The number of esters is 3. The van der Waals surface area contributed by atoms with E-state index in [9.17, 15) is 33.6 Å². The van der Waals surface area contributed by atoms with E-state index in [-0.39, 0.29) is 25.5 Å². The number of carboxylic acids is 4. The SMILES string of the molecule is CC(C)C[C@H](N)C(=O)OC(=O)[C@@H](N)Cc1c[nH]c2ccccc12.CSCC[C@H](N)C(=O)O.NCC(=O)OC[C@H](N)C(=O)O.N[C@@H](Cc1ccccc1)C(=O)O.N[C@@H](Cc1ccccc1)C(=O)O. The maximum Gasteiger partial charge on any atom is 0.330 e. The van der Waals surface area contributed by atoms with E-state index in [1.165, 1.54) is 0 Å². The lowest BCUT2D eigenvalue weighted by Gasteiger charge is -2.14. The maximum atomic E-state index is 12.0. The summed E-state index contributed by atoms with van der Waals surface area (Å²) >= 11 is 1.60. The number of para-hydroxylation sites is 1. The molecule has 0 amide bonds. The number of ether oxygens (including phenoxy) is 2. The summed E-state index contributed by atoms with van der Waals surface area (Å²) < 4.78 is 9.14. The Kier molecular flexibility index (Phi) is 30.9. The summed E-state index contributed by atoms with van der Waals surface area (Å²) in [6.07, 6.45) is 5.81. The van der Waals surface area contributed by atoms with E-state index in [0.717, 1.165) is 33.3 Å². The van der Waals surface area contributed by atoms with Crippen molar-refractivity contribution in [2.75, 3.05) is 25.2 Å². The van der Waals surface area contributed by atoms with Gasteiger partial charge in [0.25, 0.3) is 0 Å². The molecule has 370 valence electrons. The number of hydrogen-bond acceptors (Lipinski definition) is 17. The number of fused-ring (bicyclic) bond motifs is 1. The molecule has 0 radical (unpaired) electrons. The van der Waals surface area contributed by atoms with Gasteiger partial charge < -0.3 is 75.0 Å². The van der Waals surface area contributed by atoms with Gasteiger partial charge in [0.15, 0.2) is 0 Å². The van der Waals surface area contributed by atoms with E-state index >= 15 is 0 Å². The van der Waals surface area contributed by atoms with Crippen molar-refractivity contribution in [3.8, 4) is 0 Å². The minimum absolute atomic E-state index is 0.243. The molecule has 21 nitrogen and oxygen atoms in total. The Morgan fingerprint density at radius 1 is 0.597 bits per heavy atom. The van der Waals surface area contributed by atoms with Crippen LogP contribution < -0.4 is 40.1 Å². The summed E-state index contributed by atoms with van der Waals surface area (Å²) in [5, 5.41) is 34.5. The van der Waals surface area contributed by atoms with Crippen LogP contribution >= 0.6 is 11.8 Å². The third-order valence-corrected chi connectivity index (χ3v) is 9.38. The maximum absolute atomic E-state index is 12.0. The van der Waals surface area contributed by atoms with Gasteiger partial charge in [0.05, 0.1) is 6.54 Å². The van der Waals surface area contributed by atoms with Crippen molar-refractivity contribution in [3.63, 3.8) is 0 Å². The molecule has 0 bridgehead atoms. The predicted molar refractivity (Wildman–Crippen MR) is 254 cm³/mol. The number of carbonyl (C=O) groups is 7. The van der Waals surface area contributed by atoms with Crippen LogP contribution in [0.2, 0.25) is 0 Å². The Morgan fingerprint density at radius 2 is 1.04 bits per heavy atom. The van der Waals surface area contributed by atoms with E-state index in [4.69, 9.17) is 65.3 Å².